The van der Waals surface area contributed by atoms with E-state index in [4.69, 9.17) is 5.11 Å². The fraction of sp³-hybridized carbons (Fsp3) is 0.615. The third-order valence-electron chi connectivity index (χ3n) is 3.90. The molecular weight excluding hydrogens is 294 g/mol. The van der Waals surface area contributed by atoms with Gasteiger partial charge in [0, 0.05) is 31.9 Å². The van der Waals surface area contributed by atoms with Crippen molar-refractivity contribution in [2.24, 2.45) is 7.05 Å². The second-order valence-electron chi connectivity index (χ2n) is 5.57. The highest BCUT2D eigenvalue weighted by atomic mass is 32.2. The molecule has 118 valence electrons. The lowest BCUT2D eigenvalue weighted by Crippen LogP contribution is -2.41. The van der Waals surface area contributed by atoms with Gasteiger partial charge in [0.15, 0.2) is 0 Å². The van der Waals surface area contributed by atoms with Crippen LogP contribution >= 0.6 is 0 Å². The molecule has 0 spiro atoms. The van der Waals surface area contributed by atoms with Crippen molar-refractivity contribution in [3.63, 3.8) is 0 Å². The van der Waals surface area contributed by atoms with Gasteiger partial charge in [-0.05, 0) is 32.9 Å². The third-order valence-corrected chi connectivity index (χ3v) is 5.29. The second-order valence-corrected chi connectivity index (χ2v) is 7.34. The van der Waals surface area contributed by atoms with Gasteiger partial charge in [0.1, 0.15) is 10.6 Å². The van der Waals surface area contributed by atoms with Crippen LogP contribution in [-0.4, -0.2) is 54.6 Å². The molecule has 1 unspecified atom stereocenters. The molecule has 0 saturated heterocycles. The van der Waals surface area contributed by atoms with Crippen molar-refractivity contribution in [1.29, 1.82) is 0 Å². The van der Waals surface area contributed by atoms with Crippen LogP contribution in [0.25, 0.3) is 0 Å². The van der Waals surface area contributed by atoms with E-state index in [1.54, 1.807) is 0 Å². The predicted octanol–water partition coefficient (Wildman–Crippen LogP) is 0.484. The lowest BCUT2D eigenvalue weighted by molar-refractivity contribution is 0.0686. The molecule has 8 heteroatoms. The Morgan fingerprint density at radius 3 is 2.67 bits per heavy atom. The lowest BCUT2D eigenvalue weighted by Gasteiger charge is -2.24. The highest BCUT2D eigenvalue weighted by molar-refractivity contribution is 7.89. The number of hydrogen-bond acceptors (Lipinski definition) is 4. The summed E-state index contributed by atoms with van der Waals surface area (Å²) in [5.74, 6) is -1.15. The molecule has 1 fully saturated rings. The van der Waals surface area contributed by atoms with Crippen LogP contribution in [0.1, 0.15) is 30.3 Å². The van der Waals surface area contributed by atoms with Crippen molar-refractivity contribution in [3.8, 4) is 0 Å². The summed E-state index contributed by atoms with van der Waals surface area (Å²) in [5, 5.41) is 8.96. The van der Waals surface area contributed by atoms with E-state index in [1.165, 1.54) is 23.9 Å². The van der Waals surface area contributed by atoms with Gasteiger partial charge in [-0.2, -0.15) is 0 Å². The Morgan fingerprint density at radius 1 is 1.57 bits per heavy atom. The van der Waals surface area contributed by atoms with Gasteiger partial charge < -0.3 is 9.67 Å². The minimum Gasteiger partial charge on any atom is -0.477 e. The highest BCUT2D eigenvalue weighted by Crippen LogP contribution is 2.26. The van der Waals surface area contributed by atoms with E-state index in [1.807, 2.05) is 14.0 Å². The summed E-state index contributed by atoms with van der Waals surface area (Å²) in [6.07, 6.45) is 3.63. The van der Waals surface area contributed by atoms with Crippen LogP contribution in [0.5, 0.6) is 0 Å². The van der Waals surface area contributed by atoms with Gasteiger partial charge in [-0.3, -0.25) is 4.90 Å². The van der Waals surface area contributed by atoms with Crippen LogP contribution in [0, 0.1) is 0 Å². The predicted molar refractivity (Wildman–Crippen MR) is 77.8 cm³/mol. The van der Waals surface area contributed by atoms with Crippen molar-refractivity contribution >= 4 is 16.0 Å². The van der Waals surface area contributed by atoms with E-state index in [9.17, 15) is 13.2 Å². The van der Waals surface area contributed by atoms with Crippen LogP contribution in [-0.2, 0) is 17.1 Å². The molecule has 1 saturated carbocycles. The van der Waals surface area contributed by atoms with E-state index < -0.39 is 16.0 Å². The summed E-state index contributed by atoms with van der Waals surface area (Å²) in [6, 6.07) is 1.81. The number of aryl methyl sites for hydroxylation is 1. The first-order chi connectivity index (χ1) is 9.72. The molecule has 2 rings (SSSR count). The summed E-state index contributed by atoms with van der Waals surface area (Å²) < 4.78 is 28.2. The molecule has 0 radical (unpaired) electrons. The molecule has 0 amide bonds. The van der Waals surface area contributed by atoms with Crippen molar-refractivity contribution in [1.82, 2.24) is 14.2 Å². The van der Waals surface area contributed by atoms with E-state index in [2.05, 4.69) is 9.62 Å². The summed E-state index contributed by atoms with van der Waals surface area (Å²) in [7, 11) is -0.196. The first-order valence-electron chi connectivity index (χ1n) is 6.83. The molecule has 21 heavy (non-hydrogen) atoms. The molecule has 1 aromatic heterocycles. The van der Waals surface area contributed by atoms with Crippen molar-refractivity contribution in [3.05, 3.63) is 18.0 Å². The van der Waals surface area contributed by atoms with Crippen LogP contribution < -0.4 is 4.72 Å². The summed E-state index contributed by atoms with van der Waals surface area (Å²) in [5.41, 5.74) is -0.0569. The number of aromatic nitrogens is 1. The molecule has 0 bridgehead atoms. The van der Waals surface area contributed by atoms with Crippen LogP contribution in [0.2, 0.25) is 0 Å². The number of carboxylic acids is 1. The van der Waals surface area contributed by atoms with E-state index in [-0.39, 0.29) is 16.6 Å². The zero-order valence-electron chi connectivity index (χ0n) is 12.4. The first-order valence-corrected chi connectivity index (χ1v) is 8.32. The Balaban J connectivity index is 2.04. The summed E-state index contributed by atoms with van der Waals surface area (Å²) in [4.78, 5) is 13.1. The fourth-order valence-corrected chi connectivity index (χ4v) is 3.38. The average molecular weight is 315 g/mol. The zero-order chi connectivity index (χ0) is 15.8. The SMILES string of the molecule is CC(CNS(=O)(=O)c1cc(C(=O)O)n(C)c1)N(C)C1CC1. The highest BCUT2D eigenvalue weighted by Gasteiger charge is 2.30. The van der Waals surface area contributed by atoms with Gasteiger partial charge in [0.25, 0.3) is 0 Å². The maximum Gasteiger partial charge on any atom is 0.352 e. The Morgan fingerprint density at radius 2 is 2.19 bits per heavy atom. The number of nitrogens with zero attached hydrogens (tertiary/aromatic N) is 2. The largest absolute Gasteiger partial charge is 0.477 e. The molecule has 1 heterocycles. The molecule has 1 aliphatic rings. The zero-order valence-corrected chi connectivity index (χ0v) is 13.2. The average Bonchev–Trinajstić information content (AvgIpc) is 3.17. The molecule has 1 aromatic rings. The van der Waals surface area contributed by atoms with Gasteiger partial charge in [0.2, 0.25) is 10.0 Å². The summed E-state index contributed by atoms with van der Waals surface area (Å²) >= 11 is 0. The maximum atomic E-state index is 12.2. The molecule has 1 aliphatic carbocycles. The Bertz CT molecular complexity index is 634. The minimum absolute atomic E-state index is 0.0244. The Kier molecular flexibility index (Phi) is 4.40. The quantitative estimate of drug-likeness (QED) is 0.764. The first kappa shape index (κ1) is 16.0. The maximum absolute atomic E-state index is 12.2. The number of sulfonamides is 1. The van der Waals surface area contributed by atoms with Crippen molar-refractivity contribution in [2.75, 3.05) is 13.6 Å². The molecule has 0 aromatic carbocycles. The molecule has 0 aliphatic heterocycles. The minimum atomic E-state index is -3.69. The smallest absolute Gasteiger partial charge is 0.352 e. The second kappa shape index (κ2) is 5.78. The Hall–Kier alpha value is -1.38. The normalized spacial score (nSPS) is 17.1. The van der Waals surface area contributed by atoms with E-state index >= 15 is 0 Å². The van der Waals surface area contributed by atoms with Gasteiger partial charge in [-0.1, -0.05) is 0 Å². The van der Waals surface area contributed by atoms with Gasteiger partial charge in [-0.25, -0.2) is 17.9 Å². The van der Waals surface area contributed by atoms with Gasteiger partial charge in [-0.15, -0.1) is 0 Å². The monoisotopic (exact) mass is 315 g/mol. The van der Waals surface area contributed by atoms with Crippen LogP contribution in [0.3, 0.4) is 0 Å². The van der Waals surface area contributed by atoms with Crippen LogP contribution in [0.4, 0.5) is 0 Å². The number of carbonyl (C=O) groups is 1. The molecular formula is C13H21N3O4S. The van der Waals surface area contributed by atoms with E-state index in [0.717, 1.165) is 12.8 Å². The summed E-state index contributed by atoms with van der Waals surface area (Å²) in [6.45, 7) is 2.27. The Labute approximate surface area is 124 Å². The fourth-order valence-electron chi connectivity index (χ4n) is 2.19. The molecule has 2 N–H and O–H groups in total. The van der Waals surface area contributed by atoms with Gasteiger partial charge in [0.05, 0.1) is 0 Å². The number of nitrogens with one attached hydrogen (secondary N) is 1. The molecule has 1 atom stereocenters. The standard InChI is InChI=1S/C13H21N3O4S/c1-9(16(3)10-4-5-10)7-14-21(19,20)11-6-12(13(17)18)15(2)8-11/h6,8-10,14H,4-5,7H2,1-3H3,(H,17,18). The number of likely N-dealkylation sites (N-methyl/N-ethyl adjacent to an activating group) is 1. The van der Waals surface area contributed by atoms with Crippen molar-refractivity contribution in [2.45, 2.75) is 36.7 Å². The topological polar surface area (TPSA) is 91.6 Å². The van der Waals surface area contributed by atoms with Crippen LogP contribution in [0.15, 0.2) is 17.2 Å². The lowest BCUT2D eigenvalue weighted by atomic mass is 10.3. The number of aromatic carboxylic acids is 1. The number of hydrogen-bond donors (Lipinski definition) is 2. The van der Waals surface area contributed by atoms with E-state index in [0.29, 0.717) is 12.6 Å². The number of rotatable bonds is 7. The third kappa shape index (κ3) is 3.63. The van der Waals surface area contributed by atoms with Gasteiger partial charge >= 0.3 is 5.97 Å². The van der Waals surface area contributed by atoms with Crippen molar-refractivity contribution < 1.29 is 18.3 Å². The number of carboxylic acid groups (broad SMARTS) is 1. The molecule has 7 nitrogen and oxygen atoms in total.